The fourth-order valence-electron chi connectivity index (χ4n) is 3.04. The van der Waals surface area contributed by atoms with Gasteiger partial charge in [-0.1, -0.05) is 48.5 Å². The van der Waals surface area contributed by atoms with Crippen LogP contribution in [0.4, 0.5) is 0 Å². The smallest absolute Gasteiger partial charge is 0.260 e. The van der Waals surface area contributed by atoms with Gasteiger partial charge in [0.1, 0.15) is 5.75 Å². The molecule has 1 heterocycles. The van der Waals surface area contributed by atoms with Crippen LogP contribution in [0.1, 0.15) is 11.1 Å². The molecule has 0 spiro atoms. The molecule has 2 aromatic carbocycles. The molecule has 2 aromatic rings. The van der Waals surface area contributed by atoms with Crippen molar-refractivity contribution >= 4 is 11.8 Å². The van der Waals surface area contributed by atoms with E-state index in [9.17, 15) is 9.59 Å². The second-order valence-electron chi connectivity index (χ2n) is 6.48. The summed E-state index contributed by atoms with van der Waals surface area (Å²) in [5.41, 5.74) is 2.03. The van der Waals surface area contributed by atoms with E-state index in [-0.39, 0.29) is 18.4 Å². The summed E-state index contributed by atoms with van der Waals surface area (Å²) in [6.07, 6.45) is 0.408. The van der Waals surface area contributed by atoms with Crippen molar-refractivity contribution in [1.82, 2.24) is 9.80 Å². The number of benzene rings is 2. The molecular formula is C21H24N2O3. The number of hydrogen-bond acceptors (Lipinski definition) is 3. The van der Waals surface area contributed by atoms with Crippen LogP contribution in [0.3, 0.4) is 0 Å². The lowest BCUT2D eigenvalue weighted by molar-refractivity contribution is -0.140. The van der Waals surface area contributed by atoms with Crippen molar-refractivity contribution in [1.29, 1.82) is 0 Å². The minimum Gasteiger partial charge on any atom is -0.484 e. The van der Waals surface area contributed by atoms with Crippen LogP contribution in [0.2, 0.25) is 0 Å². The number of para-hydroxylation sites is 1. The van der Waals surface area contributed by atoms with Crippen LogP contribution in [0, 0.1) is 6.92 Å². The molecule has 3 rings (SSSR count). The van der Waals surface area contributed by atoms with Crippen LogP contribution >= 0.6 is 0 Å². The van der Waals surface area contributed by atoms with E-state index in [0.29, 0.717) is 32.6 Å². The molecular weight excluding hydrogens is 328 g/mol. The fourth-order valence-corrected chi connectivity index (χ4v) is 3.04. The molecule has 0 radical (unpaired) electrons. The van der Waals surface area contributed by atoms with Gasteiger partial charge in [0.25, 0.3) is 5.91 Å². The van der Waals surface area contributed by atoms with Gasteiger partial charge in [-0.05, 0) is 24.1 Å². The predicted octanol–water partition coefficient (Wildman–Crippen LogP) is 2.29. The van der Waals surface area contributed by atoms with Gasteiger partial charge in [0.15, 0.2) is 6.61 Å². The zero-order valence-electron chi connectivity index (χ0n) is 15.1. The standard InChI is InChI=1S/C21H24N2O3/c1-17-7-5-6-10-19(17)26-16-21(25)23-13-11-22(12-14-23)20(24)15-18-8-3-2-4-9-18/h2-10H,11-16H2,1H3. The highest BCUT2D eigenvalue weighted by molar-refractivity contribution is 5.80. The number of rotatable bonds is 5. The van der Waals surface area contributed by atoms with Crippen molar-refractivity contribution < 1.29 is 14.3 Å². The monoisotopic (exact) mass is 352 g/mol. The van der Waals surface area contributed by atoms with Crippen molar-refractivity contribution in [3.8, 4) is 5.75 Å². The van der Waals surface area contributed by atoms with Crippen LogP contribution in [-0.4, -0.2) is 54.4 Å². The maximum atomic E-state index is 12.4. The molecule has 0 aliphatic carbocycles. The molecule has 5 nitrogen and oxygen atoms in total. The molecule has 0 saturated carbocycles. The molecule has 2 amide bonds. The number of carbonyl (C=O) groups excluding carboxylic acids is 2. The molecule has 0 bridgehead atoms. The first kappa shape index (κ1) is 18.0. The summed E-state index contributed by atoms with van der Waals surface area (Å²) in [4.78, 5) is 28.3. The van der Waals surface area contributed by atoms with E-state index in [1.54, 1.807) is 4.90 Å². The van der Waals surface area contributed by atoms with Crippen LogP contribution in [0.25, 0.3) is 0 Å². The number of nitrogens with zero attached hydrogens (tertiary/aromatic N) is 2. The van der Waals surface area contributed by atoms with Crippen molar-refractivity contribution in [2.75, 3.05) is 32.8 Å². The maximum Gasteiger partial charge on any atom is 0.260 e. The summed E-state index contributed by atoms with van der Waals surface area (Å²) >= 11 is 0. The van der Waals surface area contributed by atoms with E-state index in [0.717, 1.165) is 16.9 Å². The van der Waals surface area contributed by atoms with E-state index in [4.69, 9.17) is 4.74 Å². The van der Waals surface area contributed by atoms with Crippen LogP contribution in [0.5, 0.6) is 5.75 Å². The first-order chi connectivity index (χ1) is 12.6. The van der Waals surface area contributed by atoms with Gasteiger partial charge in [-0.2, -0.15) is 0 Å². The molecule has 0 aromatic heterocycles. The predicted molar refractivity (Wildman–Crippen MR) is 100.0 cm³/mol. The molecule has 1 aliphatic heterocycles. The average molecular weight is 352 g/mol. The summed E-state index contributed by atoms with van der Waals surface area (Å²) in [5, 5.41) is 0. The highest BCUT2D eigenvalue weighted by Crippen LogP contribution is 2.16. The lowest BCUT2D eigenvalue weighted by atomic mass is 10.1. The van der Waals surface area contributed by atoms with Crippen molar-refractivity contribution in [3.63, 3.8) is 0 Å². The number of hydrogen-bond donors (Lipinski definition) is 0. The zero-order valence-corrected chi connectivity index (χ0v) is 15.1. The third-order valence-electron chi connectivity index (χ3n) is 4.63. The summed E-state index contributed by atoms with van der Waals surface area (Å²) in [6.45, 7) is 4.23. The van der Waals surface area contributed by atoms with Crippen molar-refractivity contribution in [2.45, 2.75) is 13.3 Å². The molecule has 0 unspecified atom stereocenters. The number of amides is 2. The first-order valence-corrected chi connectivity index (χ1v) is 8.91. The van der Waals surface area contributed by atoms with Gasteiger partial charge in [-0.25, -0.2) is 0 Å². The summed E-state index contributed by atoms with van der Waals surface area (Å²) in [7, 11) is 0. The van der Waals surface area contributed by atoms with Gasteiger partial charge >= 0.3 is 0 Å². The third kappa shape index (κ3) is 4.63. The highest BCUT2D eigenvalue weighted by atomic mass is 16.5. The van der Waals surface area contributed by atoms with Gasteiger partial charge in [-0.3, -0.25) is 9.59 Å². The minimum atomic E-state index is -0.0385. The summed E-state index contributed by atoms with van der Waals surface area (Å²) < 4.78 is 5.63. The molecule has 0 atom stereocenters. The van der Waals surface area contributed by atoms with E-state index < -0.39 is 0 Å². The second-order valence-corrected chi connectivity index (χ2v) is 6.48. The molecule has 5 heteroatoms. The van der Waals surface area contributed by atoms with E-state index in [1.165, 1.54) is 0 Å². The molecule has 26 heavy (non-hydrogen) atoms. The molecule has 1 fully saturated rings. The Kier molecular flexibility index (Phi) is 5.89. The second kappa shape index (κ2) is 8.52. The SMILES string of the molecule is Cc1ccccc1OCC(=O)N1CCN(C(=O)Cc2ccccc2)CC1. The average Bonchev–Trinajstić information content (AvgIpc) is 2.68. The zero-order chi connectivity index (χ0) is 18.4. The topological polar surface area (TPSA) is 49.9 Å². The number of aryl methyl sites for hydroxylation is 1. The molecule has 136 valence electrons. The Morgan fingerprint density at radius 2 is 1.42 bits per heavy atom. The molecule has 1 saturated heterocycles. The fraction of sp³-hybridized carbons (Fsp3) is 0.333. The minimum absolute atomic E-state index is 0.0306. The van der Waals surface area contributed by atoms with Crippen molar-refractivity contribution in [3.05, 3.63) is 65.7 Å². The third-order valence-corrected chi connectivity index (χ3v) is 4.63. The van der Waals surface area contributed by atoms with E-state index in [2.05, 4.69) is 0 Å². The normalized spacial score (nSPS) is 14.2. The summed E-state index contributed by atoms with van der Waals surface area (Å²) in [5.74, 6) is 0.806. The first-order valence-electron chi connectivity index (χ1n) is 8.91. The molecule has 1 aliphatic rings. The molecule has 0 N–H and O–H groups in total. The Labute approximate surface area is 154 Å². The van der Waals surface area contributed by atoms with Gasteiger partial charge < -0.3 is 14.5 Å². The lowest BCUT2D eigenvalue weighted by Crippen LogP contribution is -2.52. The van der Waals surface area contributed by atoms with Crippen molar-refractivity contribution in [2.24, 2.45) is 0 Å². The van der Waals surface area contributed by atoms with Crippen LogP contribution in [0.15, 0.2) is 54.6 Å². The number of carbonyl (C=O) groups is 2. The van der Waals surface area contributed by atoms with E-state index >= 15 is 0 Å². The summed E-state index contributed by atoms with van der Waals surface area (Å²) in [6, 6.07) is 17.4. The number of ether oxygens (including phenoxy) is 1. The van der Waals surface area contributed by atoms with Gasteiger partial charge in [-0.15, -0.1) is 0 Å². The van der Waals surface area contributed by atoms with Crippen LogP contribution < -0.4 is 4.74 Å². The number of piperazine rings is 1. The van der Waals surface area contributed by atoms with Gasteiger partial charge in [0.05, 0.1) is 6.42 Å². The van der Waals surface area contributed by atoms with Crippen LogP contribution in [-0.2, 0) is 16.0 Å². The Balaban J connectivity index is 1.45. The Bertz CT molecular complexity index is 753. The van der Waals surface area contributed by atoms with Gasteiger partial charge in [0.2, 0.25) is 5.91 Å². The Morgan fingerprint density at radius 3 is 2.08 bits per heavy atom. The Hall–Kier alpha value is -2.82. The maximum absolute atomic E-state index is 12.4. The highest BCUT2D eigenvalue weighted by Gasteiger charge is 2.24. The largest absolute Gasteiger partial charge is 0.484 e. The quantitative estimate of drug-likeness (QED) is 0.830. The van der Waals surface area contributed by atoms with E-state index in [1.807, 2.05) is 66.4 Å². The Morgan fingerprint density at radius 1 is 0.846 bits per heavy atom. The lowest BCUT2D eigenvalue weighted by Gasteiger charge is -2.34. The van der Waals surface area contributed by atoms with Gasteiger partial charge in [0, 0.05) is 26.2 Å².